The molecule has 1 heterocycles. The fraction of sp³-hybridized carbons (Fsp3) is 0.500. The van der Waals surface area contributed by atoms with E-state index in [1.54, 1.807) is 0 Å². The summed E-state index contributed by atoms with van der Waals surface area (Å²) in [5, 5.41) is 3.42. The van der Waals surface area contributed by atoms with Crippen LogP contribution in [0, 0.1) is 0 Å². The van der Waals surface area contributed by atoms with Gasteiger partial charge in [-0.3, -0.25) is 4.79 Å². The van der Waals surface area contributed by atoms with Crippen LogP contribution in [0.5, 0.6) is 0 Å². The molecule has 1 unspecified atom stereocenters. The Bertz CT molecular complexity index is 518. The van der Waals surface area contributed by atoms with Gasteiger partial charge in [-0.1, -0.05) is 43.2 Å². The van der Waals surface area contributed by atoms with Crippen molar-refractivity contribution >= 4 is 5.78 Å². The normalized spacial score (nSPS) is 25.8. The molecule has 2 nitrogen and oxygen atoms in total. The molecule has 0 radical (unpaired) electrons. The first-order valence-electron chi connectivity index (χ1n) is 7.91. The van der Waals surface area contributed by atoms with Gasteiger partial charge in [0.15, 0.2) is 5.78 Å². The van der Waals surface area contributed by atoms with E-state index in [-0.39, 0.29) is 6.04 Å². The lowest BCUT2D eigenvalue weighted by molar-refractivity contribution is -0.118. The van der Waals surface area contributed by atoms with E-state index in [9.17, 15) is 4.79 Å². The smallest absolute Gasteiger partial charge is 0.179 e. The summed E-state index contributed by atoms with van der Waals surface area (Å²) in [4.78, 5) is 12.9. The summed E-state index contributed by atoms with van der Waals surface area (Å²) in [6, 6.07) is 8.25. The van der Waals surface area contributed by atoms with Gasteiger partial charge in [-0.05, 0) is 48.8 Å². The third-order valence-electron chi connectivity index (χ3n) is 4.48. The van der Waals surface area contributed by atoms with Crippen molar-refractivity contribution in [1.82, 2.24) is 5.32 Å². The number of nitrogens with one attached hydrogen (secondary N) is 1. The highest BCUT2D eigenvalue weighted by atomic mass is 16.1. The van der Waals surface area contributed by atoms with Gasteiger partial charge < -0.3 is 5.32 Å². The summed E-state index contributed by atoms with van der Waals surface area (Å²) in [7, 11) is 0. The van der Waals surface area contributed by atoms with E-state index < -0.39 is 0 Å². The average molecular weight is 269 g/mol. The van der Waals surface area contributed by atoms with Gasteiger partial charge in [0.1, 0.15) is 0 Å². The van der Waals surface area contributed by atoms with Crippen molar-refractivity contribution in [3.63, 3.8) is 0 Å². The van der Waals surface area contributed by atoms with E-state index in [4.69, 9.17) is 0 Å². The second-order valence-corrected chi connectivity index (χ2v) is 5.88. The van der Waals surface area contributed by atoms with E-state index in [0.717, 1.165) is 37.8 Å². The van der Waals surface area contributed by atoms with Crippen molar-refractivity contribution in [1.29, 1.82) is 0 Å². The highest BCUT2D eigenvalue weighted by Gasteiger charge is 2.27. The van der Waals surface area contributed by atoms with Gasteiger partial charge in [-0.15, -0.1) is 0 Å². The van der Waals surface area contributed by atoms with E-state index in [1.165, 1.54) is 30.4 Å². The molecule has 1 aliphatic carbocycles. The summed E-state index contributed by atoms with van der Waals surface area (Å²) in [6.45, 7) is 0.903. The molecule has 2 aliphatic rings. The predicted octanol–water partition coefficient (Wildman–Crippen LogP) is 3.72. The van der Waals surface area contributed by atoms with E-state index in [0.29, 0.717) is 5.78 Å². The van der Waals surface area contributed by atoms with E-state index in [1.807, 2.05) is 6.07 Å². The molecule has 0 amide bonds. The Hall–Kier alpha value is -1.41. The third kappa shape index (κ3) is 2.85. The number of ketones is 1. The van der Waals surface area contributed by atoms with Crippen molar-refractivity contribution in [3.8, 4) is 0 Å². The van der Waals surface area contributed by atoms with Crippen molar-refractivity contribution in [2.75, 3.05) is 6.54 Å². The van der Waals surface area contributed by atoms with Crippen LogP contribution in [-0.4, -0.2) is 12.3 Å². The molecular weight excluding hydrogens is 246 g/mol. The highest BCUT2D eigenvalue weighted by Crippen LogP contribution is 2.28. The molecule has 0 saturated carbocycles. The lowest BCUT2D eigenvalue weighted by Crippen LogP contribution is -2.35. The Morgan fingerprint density at radius 2 is 1.90 bits per heavy atom. The summed E-state index contributed by atoms with van der Waals surface area (Å²) < 4.78 is 0. The number of hydrogen-bond acceptors (Lipinski definition) is 2. The zero-order valence-corrected chi connectivity index (χ0v) is 12.0. The Labute approximate surface area is 121 Å². The van der Waals surface area contributed by atoms with E-state index >= 15 is 0 Å². The number of rotatable bonds is 2. The quantitative estimate of drug-likeness (QED) is 0.886. The fourth-order valence-electron chi connectivity index (χ4n) is 3.34. The van der Waals surface area contributed by atoms with Gasteiger partial charge in [-0.25, -0.2) is 0 Å². The van der Waals surface area contributed by atoms with Gasteiger partial charge in [0.2, 0.25) is 0 Å². The Kier molecular flexibility index (Phi) is 4.31. The molecule has 0 spiro atoms. The summed E-state index contributed by atoms with van der Waals surface area (Å²) in [5.41, 5.74) is 3.57. The summed E-state index contributed by atoms with van der Waals surface area (Å²) in [6.07, 6.45) is 10.2. The molecule has 0 aromatic heterocycles. The van der Waals surface area contributed by atoms with Crippen LogP contribution in [0.15, 0.2) is 35.9 Å². The molecule has 2 heteroatoms. The van der Waals surface area contributed by atoms with Crippen LogP contribution >= 0.6 is 0 Å². The Morgan fingerprint density at radius 1 is 1.05 bits per heavy atom. The Balaban J connectivity index is 1.84. The zero-order valence-electron chi connectivity index (χ0n) is 12.0. The first-order valence-corrected chi connectivity index (χ1v) is 7.91. The second-order valence-electron chi connectivity index (χ2n) is 5.88. The maximum absolute atomic E-state index is 12.9. The molecule has 1 N–H and O–H groups in total. The van der Waals surface area contributed by atoms with Crippen LogP contribution < -0.4 is 5.32 Å². The zero-order chi connectivity index (χ0) is 13.8. The van der Waals surface area contributed by atoms with Crippen LogP contribution in [0.2, 0.25) is 0 Å². The number of Topliss-reactive ketones (excluding diaryl/α,β-unsaturated/α-hetero) is 1. The maximum atomic E-state index is 12.9. The van der Waals surface area contributed by atoms with Crippen LogP contribution in [0.3, 0.4) is 0 Å². The molecule has 1 aliphatic heterocycles. The van der Waals surface area contributed by atoms with Crippen LogP contribution in [0.1, 0.15) is 55.7 Å². The SMILES string of the molecule is O=C(/C1=C/CCCCCC1)C1NCCc2ccccc21. The third-order valence-corrected chi connectivity index (χ3v) is 4.48. The molecule has 0 fully saturated rings. The fourth-order valence-corrected chi connectivity index (χ4v) is 3.34. The summed E-state index contributed by atoms with van der Waals surface area (Å²) >= 11 is 0. The monoisotopic (exact) mass is 269 g/mol. The van der Waals surface area contributed by atoms with Gasteiger partial charge in [0.25, 0.3) is 0 Å². The number of benzene rings is 1. The minimum Gasteiger partial charge on any atom is -0.303 e. The lowest BCUT2D eigenvalue weighted by atomic mass is 9.87. The first kappa shape index (κ1) is 13.6. The molecule has 0 saturated heterocycles. The number of fused-ring (bicyclic) bond motifs is 1. The van der Waals surface area contributed by atoms with Crippen molar-refractivity contribution < 1.29 is 4.79 Å². The number of allylic oxidation sites excluding steroid dienone is 1. The largest absolute Gasteiger partial charge is 0.303 e. The molecule has 0 bridgehead atoms. The highest BCUT2D eigenvalue weighted by molar-refractivity contribution is 6.00. The predicted molar refractivity (Wildman–Crippen MR) is 81.7 cm³/mol. The maximum Gasteiger partial charge on any atom is 0.179 e. The molecule has 1 aromatic carbocycles. The molecule has 106 valence electrons. The first-order chi connectivity index (χ1) is 9.86. The molecule has 20 heavy (non-hydrogen) atoms. The average Bonchev–Trinajstić information content (AvgIpc) is 2.46. The number of hydrogen-bond donors (Lipinski definition) is 1. The molecule has 3 rings (SSSR count). The number of carbonyl (C=O) groups excluding carboxylic acids is 1. The lowest BCUT2D eigenvalue weighted by Gasteiger charge is -2.27. The second kappa shape index (κ2) is 6.36. The molecule has 1 aromatic rings. The van der Waals surface area contributed by atoms with Gasteiger partial charge >= 0.3 is 0 Å². The van der Waals surface area contributed by atoms with Gasteiger partial charge in [0, 0.05) is 6.54 Å². The van der Waals surface area contributed by atoms with Gasteiger partial charge in [-0.2, -0.15) is 0 Å². The van der Waals surface area contributed by atoms with Crippen molar-refractivity contribution in [2.24, 2.45) is 0 Å². The Morgan fingerprint density at radius 3 is 2.85 bits per heavy atom. The van der Waals surface area contributed by atoms with Crippen LogP contribution in [-0.2, 0) is 11.2 Å². The topological polar surface area (TPSA) is 29.1 Å². The van der Waals surface area contributed by atoms with Gasteiger partial charge in [0.05, 0.1) is 6.04 Å². The molecular formula is C18H23NO. The minimum atomic E-state index is -0.120. The van der Waals surface area contributed by atoms with Crippen molar-refractivity contribution in [2.45, 2.75) is 51.0 Å². The van der Waals surface area contributed by atoms with Crippen LogP contribution in [0.25, 0.3) is 0 Å². The van der Waals surface area contributed by atoms with Crippen LogP contribution in [0.4, 0.5) is 0 Å². The standard InChI is InChI=1S/C18H23NO/c20-18(15-9-4-2-1-3-5-10-15)17-16-11-7-6-8-14(16)12-13-19-17/h6-9,11,17,19H,1-5,10,12-13H2/b15-9+. The van der Waals surface area contributed by atoms with Crippen molar-refractivity contribution in [3.05, 3.63) is 47.0 Å². The minimum absolute atomic E-state index is 0.120. The molecule has 1 atom stereocenters. The van der Waals surface area contributed by atoms with E-state index in [2.05, 4.69) is 29.6 Å². The number of carbonyl (C=O) groups is 1. The summed E-state index contributed by atoms with van der Waals surface area (Å²) in [5.74, 6) is 0.305.